The number of halogens is 2. The van der Waals surface area contributed by atoms with Gasteiger partial charge in [0.15, 0.2) is 0 Å². The van der Waals surface area contributed by atoms with Gasteiger partial charge in [-0.1, -0.05) is 77.8 Å². The van der Waals surface area contributed by atoms with Gasteiger partial charge in [0.25, 0.3) is 11.1 Å². The lowest BCUT2D eigenvalue weighted by Crippen LogP contribution is -2.27. The zero-order valence-electron chi connectivity index (χ0n) is 16.3. The van der Waals surface area contributed by atoms with Crippen molar-refractivity contribution in [3.63, 3.8) is 0 Å². The van der Waals surface area contributed by atoms with Crippen molar-refractivity contribution in [3.8, 4) is 5.75 Å². The SMILES string of the molecule is O=C1S/C(=C\c2ccccc2OCc2ccccc2)C(=O)N1Cc1ccc(Cl)c(Cl)c1. The number of ether oxygens (including phenoxy) is 1. The Morgan fingerprint density at radius 3 is 2.39 bits per heavy atom. The number of carbonyl (C=O) groups excluding carboxylic acids is 2. The molecule has 4 rings (SSSR count). The second-order valence-electron chi connectivity index (χ2n) is 6.83. The number of benzene rings is 3. The van der Waals surface area contributed by atoms with E-state index >= 15 is 0 Å². The number of carbonyl (C=O) groups is 2. The first-order valence-electron chi connectivity index (χ1n) is 9.46. The van der Waals surface area contributed by atoms with Gasteiger partial charge in [-0.05, 0) is 47.2 Å². The third-order valence-corrected chi connectivity index (χ3v) is 6.29. The highest BCUT2D eigenvalue weighted by atomic mass is 35.5. The first-order valence-corrected chi connectivity index (χ1v) is 11.0. The van der Waals surface area contributed by atoms with Crippen molar-refractivity contribution < 1.29 is 14.3 Å². The zero-order valence-corrected chi connectivity index (χ0v) is 18.6. The Balaban J connectivity index is 1.52. The van der Waals surface area contributed by atoms with E-state index in [9.17, 15) is 9.59 Å². The second kappa shape index (κ2) is 9.60. The normalized spacial score (nSPS) is 15.0. The van der Waals surface area contributed by atoms with Crippen LogP contribution in [0.15, 0.2) is 77.7 Å². The molecule has 0 bridgehead atoms. The van der Waals surface area contributed by atoms with Gasteiger partial charge in [-0.25, -0.2) is 0 Å². The molecule has 4 nitrogen and oxygen atoms in total. The average molecular weight is 470 g/mol. The average Bonchev–Trinajstić information content (AvgIpc) is 3.04. The van der Waals surface area contributed by atoms with Gasteiger partial charge in [-0.15, -0.1) is 0 Å². The second-order valence-corrected chi connectivity index (χ2v) is 8.64. The van der Waals surface area contributed by atoms with E-state index in [1.165, 1.54) is 4.90 Å². The molecular formula is C24H17Cl2NO3S. The van der Waals surface area contributed by atoms with Crippen LogP contribution in [-0.2, 0) is 17.9 Å². The maximum atomic E-state index is 12.9. The van der Waals surface area contributed by atoms with E-state index in [0.717, 1.165) is 28.5 Å². The van der Waals surface area contributed by atoms with Gasteiger partial charge in [0.2, 0.25) is 0 Å². The van der Waals surface area contributed by atoms with Crippen LogP contribution in [0.3, 0.4) is 0 Å². The number of hydrogen-bond donors (Lipinski definition) is 0. The van der Waals surface area contributed by atoms with Crippen molar-refractivity contribution in [1.29, 1.82) is 0 Å². The van der Waals surface area contributed by atoms with Crippen molar-refractivity contribution in [3.05, 3.63) is 104 Å². The first-order chi connectivity index (χ1) is 15.0. The van der Waals surface area contributed by atoms with Gasteiger partial charge in [0, 0.05) is 5.56 Å². The van der Waals surface area contributed by atoms with E-state index in [1.807, 2.05) is 54.6 Å². The van der Waals surface area contributed by atoms with E-state index in [2.05, 4.69) is 0 Å². The summed E-state index contributed by atoms with van der Waals surface area (Å²) in [6.07, 6.45) is 1.69. The van der Waals surface area contributed by atoms with Crippen LogP contribution >= 0.6 is 35.0 Å². The molecule has 0 spiro atoms. The van der Waals surface area contributed by atoms with Crippen molar-refractivity contribution in [1.82, 2.24) is 4.90 Å². The van der Waals surface area contributed by atoms with Crippen LogP contribution in [0.1, 0.15) is 16.7 Å². The predicted octanol–water partition coefficient (Wildman–Crippen LogP) is 6.81. The number of imide groups is 1. The number of para-hydroxylation sites is 1. The molecule has 1 heterocycles. The number of hydrogen-bond acceptors (Lipinski definition) is 4. The Labute approximate surface area is 194 Å². The number of amides is 2. The van der Waals surface area contributed by atoms with Gasteiger partial charge in [0.1, 0.15) is 12.4 Å². The van der Waals surface area contributed by atoms with Gasteiger partial charge < -0.3 is 4.74 Å². The maximum absolute atomic E-state index is 12.9. The number of rotatable bonds is 6. The van der Waals surface area contributed by atoms with E-state index < -0.39 is 0 Å². The zero-order chi connectivity index (χ0) is 21.8. The molecule has 0 unspecified atom stereocenters. The monoisotopic (exact) mass is 469 g/mol. The van der Waals surface area contributed by atoms with Crippen LogP contribution in [0.2, 0.25) is 10.0 Å². The van der Waals surface area contributed by atoms with Gasteiger partial charge in [0.05, 0.1) is 21.5 Å². The first kappa shape index (κ1) is 21.5. The van der Waals surface area contributed by atoms with E-state index in [-0.39, 0.29) is 17.7 Å². The molecule has 0 saturated carbocycles. The predicted molar refractivity (Wildman–Crippen MR) is 125 cm³/mol. The van der Waals surface area contributed by atoms with Crippen LogP contribution in [0, 0.1) is 0 Å². The summed E-state index contributed by atoms with van der Waals surface area (Å²) in [5.74, 6) is 0.293. The third kappa shape index (κ3) is 5.13. The lowest BCUT2D eigenvalue weighted by Gasteiger charge is -2.13. The van der Waals surface area contributed by atoms with E-state index in [1.54, 1.807) is 24.3 Å². The fourth-order valence-electron chi connectivity index (χ4n) is 3.06. The van der Waals surface area contributed by atoms with Gasteiger partial charge in [-0.2, -0.15) is 0 Å². The highest BCUT2D eigenvalue weighted by molar-refractivity contribution is 8.18. The standard InChI is InChI=1S/C24H17Cl2NO3S/c25-19-11-10-17(12-20(19)26)14-27-23(28)22(31-24(27)29)13-18-8-4-5-9-21(18)30-15-16-6-2-1-3-7-16/h1-13H,14-15H2/b22-13-. The van der Waals surface area contributed by atoms with Crippen molar-refractivity contribution >= 4 is 52.2 Å². The number of nitrogens with zero attached hydrogens (tertiary/aromatic N) is 1. The molecule has 0 aliphatic carbocycles. The van der Waals surface area contributed by atoms with Crippen LogP contribution < -0.4 is 4.74 Å². The molecule has 3 aromatic carbocycles. The molecule has 0 N–H and O–H groups in total. The van der Waals surface area contributed by atoms with Crippen LogP contribution in [0.5, 0.6) is 5.75 Å². The minimum Gasteiger partial charge on any atom is -0.488 e. The highest BCUT2D eigenvalue weighted by Gasteiger charge is 2.35. The molecule has 31 heavy (non-hydrogen) atoms. The fraction of sp³-hybridized carbons (Fsp3) is 0.0833. The maximum Gasteiger partial charge on any atom is 0.293 e. The minimum atomic E-state index is -0.348. The van der Waals surface area contributed by atoms with Crippen LogP contribution in [0.4, 0.5) is 4.79 Å². The largest absolute Gasteiger partial charge is 0.488 e. The summed E-state index contributed by atoms with van der Waals surface area (Å²) in [5.41, 5.74) is 2.50. The van der Waals surface area contributed by atoms with Crippen molar-refractivity contribution in [2.24, 2.45) is 0 Å². The molecule has 1 saturated heterocycles. The van der Waals surface area contributed by atoms with E-state index in [4.69, 9.17) is 27.9 Å². The Morgan fingerprint density at radius 2 is 1.61 bits per heavy atom. The summed E-state index contributed by atoms with van der Waals surface area (Å²) in [6.45, 7) is 0.537. The molecule has 1 aliphatic heterocycles. The molecule has 0 aromatic heterocycles. The highest BCUT2D eigenvalue weighted by Crippen LogP contribution is 2.35. The summed E-state index contributed by atoms with van der Waals surface area (Å²) in [7, 11) is 0. The lowest BCUT2D eigenvalue weighted by atomic mass is 10.1. The molecule has 3 aromatic rings. The lowest BCUT2D eigenvalue weighted by molar-refractivity contribution is -0.123. The molecule has 0 radical (unpaired) electrons. The van der Waals surface area contributed by atoms with Gasteiger partial charge in [-0.3, -0.25) is 14.5 Å². The fourth-order valence-corrected chi connectivity index (χ4v) is 4.21. The quantitative estimate of drug-likeness (QED) is 0.372. The summed E-state index contributed by atoms with van der Waals surface area (Å²) >= 11 is 12.9. The summed E-state index contributed by atoms with van der Waals surface area (Å²) in [6, 6.07) is 22.3. The molecule has 1 aliphatic rings. The summed E-state index contributed by atoms with van der Waals surface area (Å²) < 4.78 is 5.95. The third-order valence-electron chi connectivity index (χ3n) is 4.64. The Kier molecular flexibility index (Phi) is 6.66. The Hall–Kier alpha value is -2.73. The number of thioether (sulfide) groups is 1. The Bertz CT molecular complexity index is 1160. The van der Waals surface area contributed by atoms with Crippen molar-refractivity contribution in [2.45, 2.75) is 13.2 Å². The van der Waals surface area contributed by atoms with Crippen LogP contribution in [0.25, 0.3) is 6.08 Å². The van der Waals surface area contributed by atoms with Crippen LogP contribution in [-0.4, -0.2) is 16.0 Å². The molecule has 2 amide bonds. The summed E-state index contributed by atoms with van der Waals surface area (Å²) in [5, 5.41) is 0.475. The summed E-state index contributed by atoms with van der Waals surface area (Å²) in [4.78, 5) is 26.9. The Morgan fingerprint density at radius 1 is 0.871 bits per heavy atom. The molecule has 1 fully saturated rings. The molecule has 7 heteroatoms. The molecular weight excluding hydrogens is 453 g/mol. The molecule has 0 atom stereocenters. The molecule has 156 valence electrons. The van der Waals surface area contributed by atoms with E-state index in [0.29, 0.717) is 27.3 Å². The van der Waals surface area contributed by atoms with Gasteiger partial charge >= 0.3 is 0 Å². The topological polar surface area (TPSA) is 46.6 Å². The van der Waals surface area contributed by atoms with Crippen molar-refractivity contribution in [2.75, 3.05) is 0 Å². The smallest absolute Gasteiger partial charge is 0.293 e. The minimum absolute atomic E-state index is 0.130.